The minimum absolute atomic E-state index is 0.152. The molecule has 1 amide bonds. The van der Waals surface area contributed by atoms with Crippen LogP contribution in [0.15, 0.2) is 24.3 Å². The molecule has 0 aliphatic carbocycles. The van der Waals surface area contributed by atoms with Gasteiger partial charge in [-0.05, 0) is 44.2 Å². The van der Waals surface area contributed by atoms with Crippen LogP contribution in [0.1, 0.15) is 32.6 Å². The summed E-state index contributed by atoms with van der Waals surface area (Å²) in [5.74, 6) is 1.30. The van der Waals surface area contributed by atoms with Gasteiger partial charge in [0.25, 0.3) is 0 Å². The molecule has 1 saturated heterocycles. The molecule has 2 N–H and O–H groups in total. The Morgan fingerprint density at radius 3 is 3.00 bits per heavy atom. The zero-order chi connectivity index (χ0) is 15.9. The lowest BCUT2D eigenvalue weighted by Crippen LogP contribution is -2.45. The number of para-hydroxylation sites is 1. The second kappa shape index (κ2) is 8.39. The van der Waals surface area contributed by atoms with Crippen molar-refractivity contribution in [2.75, 3.05) is 19.7 Å². The topological polar surface area (TPSA) is 55.6 Å². The fourth-order valence-electron chi connectivity index (χ4n) is 2.79. The van der Waals surface area contributed by atoms with E-state index < -0.39 is 0 Å². The Kier molecular flexibility index (Phi) is 6.52. The maximum atomic E-state index is 12.2. The number of nitrogens with two attached hydrogens (primary N) is 1. The van der Waals surface area contributed by atoms with Gasteiger partial charge < -0.3 is 15.4 Å². The van der Waals surface area contributed by atoms with E-state index in [2.05, 4.69) is 0 Å². The highest BCUT2D eigenvalue weighted by Gasteiger charge is 2.25. The standard InChI is InChI=1S/C17H25ClN2O2/c1-13(19)14-6-4-10-20(12-14)17(21)9-5-11-22-16-8-3-2-7-15(16)18/h2-3,7-8,13-14H,4-6,9-12,19H2,1H3/t13-,14+/m0/s1. The molecule has 1 aromatic rings. The average Bonchev–Trinajstić information content (AvgIpc) is 2.53. The SMILES string of the molecule is C[C@H](N)[C@@H]1CCCN(C(=O)CCCOc2ccccc2Cl)C1. The predicted molar refractivity (Wildman–Crippen MR) is 89.1 cm³/mol. The first-order valence-electron chi connectivity index (χ1n) is 7.98. The third-order valence-corrected chi connectivity index (χ3v) is 4.50. The number of rotatable bonds is 6. The molecule has 5 heteroatoms. The number of benzene rings is 1. The lowest BCUT2D eigenvalue weighted by Gasteiger charge is -2.34. The molecule has 2 rings (SSSR count). The lowest BCUT2D eigenvalue weighted by atomic mass is 9.92. The summed E-state index contributed by atoms with van der Waals surface area (Å²) in [6.07, 6.45) is 3.38. The zero-order valence-electron chi connectivity index (χ0n) is 13.1. The van der Waals surface area contributed by atoms with Gasteiger partial charge in [-0.3, -0.25) is 4.79 Å². The molecule has 1 fully saturated rings. The number of hydrogen-bond donors (Lipinski definition) is 1. The van der Waals surface area contributed by atoms with Gasteiger partial charge in [-0.25, -0.2) is 0 Å². The molecule has 0 unspecified atom stereocenters. The number of hydrogen-bond acceptors (Lipinski definition) is 3. The van der Waals surface area contributed by atoms with Crippen molar-refractivity contribution >= 4 is 17.5 Å². The van der Waals surface area contributed by atoms with Crippen molar-refractivity contribution in [1.29, 1.82) is 0 Å². The number of likely N-dealkylation sites (tertiary alicyclic amines) is 1. The highest BCUT2D eigenvalue weighted by Crippen LogP contribution is 2.23. The number of carbonyl (C=O) groups excluding carboxylic acids is 1. The Morgan fingerprint density at radius 2 is 2.27 bits per heavy atom. The van der Waals surface area contributed by atoms with Crippen LogP contribution in [0.2, 0.25) is 5.02 Å². The minimum Gasteiger partial charge on any atom is -0.492 e. The van der Waals surface area contributed by atoms with E-state index in [1.54, 1.807) is 6.07 Å². The van der Waals surface area contributed by atoms with Crippen molar-refractivity contribution in [3.05, 3.63) is 29.3 Å². The van der Waals surface area contributed by atoms with Crippen LogP contribution in [-0.2, 0) is 4.79 Å². The average molecular weight is 325 g/mol. The maximum absolute atomic E-state index is 12.2. The number of piperidine rings is 1. The van der Waals surface area contributed by atoms with Crippen LogP contribution in [0.25, 0.3) is 0 Å². The van der Waals surface area contributed by atoms with Crippen LogP contribution in [0.3, 0.4) is 0 Å². The third kappa shape index (κ3) is 4.89. The van der Waals surface area contributed by atoms with Crippen molar-refractivity contribution in [3.8, 4) is 5.75 Å². The van der Waals surface area contributed by atoms with E-state index in [4.69, 9.17) is 22.1 Å². The first-order valence-corrected chi connectivity index (χ1v) is 8.36. The summed E-state index contributed by atoms with van der Waals surface area (Å²) in [7, 11) is 0. The van der Waals surface area contributed by atoms with Gasteiger partial charge in [0.2, 0.25) is 5.91 Å². The predicted octanol–water partition coefficient (Wildman–Crippen LogP) is 3.08. The first kappa shape index (κ1) is 17.1. The maximum Gasteiger partial charge on any atom is 0.222 e. The molecule has 0 saturated carbocycles. The van der Waals surface area contributed by atoms with E-state index >= 15 is 0 Å². The zero-order valence-corrected chi connectivity index (χ0v) is 13.9. The van der Waals surface area contributed by atoms with Crippen LogP contribution in [0.4, 0.5) is 0 Å². The molecule has 22 heavy (non-hydrogen) atoms. The smallest absolute Gasteiger partial charge is 0.222 e. The van der Waals surface area contributed by atoms with Crippen LogP contribution >= 0.6 is 11.6 Å². The fraction of sp³-hybridized carbons (Fsp3) is 0.588. The van der Waals surface area contributed by atoms with E-state index in [1.165, 1.54) is 0 Å². The quantitative estimate of drug-likeness (QED) is 0.818. The van der Waals surface area contributed by atoms with Gasteiger partial charge in [0.1, 0.15) is 5.75 Å². The molecule has 1 aliphatic rings. The second-order valence-corrected chi connectivity index (χ2v) is 6.39. The van der Waals surface area contributed by atoms with E-state index in [0.717, 1.165) is 25.9 Å². The van der Waals surface area contributed by atoms with Gasteiger partial charge in [0.05, 0.1) is 11.6 Å². The number of nitrogens with zero attached hydrogens (tertiary/aromatic N) is 1. The summed E-state index contributed by atoms with van der Waals surface area (Å²) in [5, 5.41) is 0.602. The molecule has 1 aromatic carbocycles. The minimum atomic E-state index is 0.152. The molecular formula is C17H25ClN2O2. The molecule has 0 spiro atoms. The highest BCUT2D eigenvalue weighted by atomic mass is 35.5. The van der Waals surface area contributed by atoms with Crippen molar-refractivity contribution in [2.45, 2.75) is 38.6 Å². The lowest BCUT2D eigenvalue weighted by molar-refractivity contribution is -0.133. The Labute approximate surface area is 137 Å². The van der Waals surface area contributed by atoms with Crippen molar-refractivity contribution < 1.29 is 9.53 Å². The largest absolute Gasteiger partial charge is 0.492 e. The number of halogens is 1. The second-order valence-electron chi connectivity index (χ2n) is 5.98. The fourth-order valence-corrected chi connectivity index (χ4v) is 2.98. The van der Waals surface area contributed by atoms with Gasteiger partial charge in [-0.15, -0.1) is 0 Å². The van der Waals surface area contributed by atoms with Crippen LogP contribution in [0.5, 0.6) is 5.75 Å². The van der Waals surface area contributed by atoms with Crippen molar-refractivity contribution in [1.82, 2.24) is 4.90 Å². The van der Waals surface area contributed by atoms with Crippen LogP contribution in [0, 0.1) is 5.92 Å². The first-order chi connectivity index (χ1) is 10.6. The summed E-state index contributed by atoms with van der Waals surface area (Å²) in [6.45, 7) is 4.17. The van der Waals surface area contributed by atoms with Gasteiger partial charge in [0.15, 0.2) is 0 Å². The van der Waals surface area contributed by atoms with Gasteiger partial charge >= 0.3 is 0 Å². The molecule has 1 heterocycles. The van der Waals surface area contributed by atoms with Gasteiger partial charge in [-0.1, -0.05) is 23.7 Å². The Balaban J connectivity index is 1.70. The normalized spacial score (nSPS) is 19.8. The van der Waals surface area contributed by atoms with Crippen molar-refractivity contribution in [2.24, 2.45) is 11.7 Å². The summed E-state index contributed by atoms with van der Waals surface area (Å²) < 4.78 is 5.61. The molecule has 1 aliphatic heterocycles. The number of ether oxygens (including phenoxy) is 1. The van der Waals surface area contributed by atoms with E-state index in [1.807, 2.05) is 30.0 Å². The molecular weight excluding hydrogens is 300 g/mol. The van der Waals surface area contributed by atoms with Crippen LogP contribution in [-0.4, -0.2) is 36.5 Å². The van der Waals surface area contributed by atoms with Gasteiger partial charge in [0, 0.05) is 25.6 Å². The van der Waals surface area contributed by atoms with E-state index in [0.29, 0.717) is 36.1 Å². The number of carbonyl (C=O) groups is 1. The summed E-state index contributed by atoms with van der Waals surface area (Å²) in [4.78, 5) is 14.2. The number of amides is 1. The van der Waals surface area contributed by atoms with Gasteiger partial charge in [-0.2, -0.15) is 0 Å². The molecule has 0 radical (unpaired) electrons. The Bertz CT molecular complexity index is 493. The van der Waals surface area contributed by atoms with Crippen LogP contribution < -0.4 is 10.5 Å². The molecule has 0 bridgehead atoms. The van der Waals surface area contributed by atoms with E-state index in [-0.39, 0.29) is 11.9 Å². The monoisotopic (exact) mass is 324 g/mol. The van der Waals surface area contributed by atoms with E-state index in [9.17, 15) is 4.79 Å². The summed E-state index contributed by atoms with van der Waals surface area (Å²) >= 11 is 6.02. The Hall–Kier alpha value is -1.26. The Morgan fingerprint density at radius 1 is 1.50 bits per heavy atom. The van der Waals surface area contributed by atoms with Crippen molar-refractivity contribution in [3.63, 3.8) is 0 Å². The molecule has 122 valence electrons. The molecule has 0 aromatic heterocycles. The third-order valence-electron chi connectivity index (χ3n) is 4.18. The summed E-state index contributed by atoms with van der Waals surface area (Å²) in [5.41, 5.74) is 5.96. The molecule has 2 atom stereocenters. The highest BCUT2D eigenvalue weighted by molar-refractivity contribution is 6.32. The molecule has 4 nitrogen and oxygen atoms in total. The summed E-state index contributed by atoms with van der Waals surface area (Å²) in [6, 6.07) is 7.53.